The lowest BCUT2D eigenvalue weighted by Crippen LogP contribution is -2.32. The van der Waals surface area contributed by atoms with E-state index in [-0.39, 0.29) is 17.9 Å². The zero-order chi connectivity index (χ0) is 10.1. The highest BCUT2D eigenvalue weighted by Crippen LogP contribution is 2.27. The fraction of sp³-hybridized carbons (Fsp3) is 0.111. The van der Waals surface area contributed by atoms with Gasteiger partial charge in [-0.05, 0) is 12.1 Å². The Morgan fingerprint density at radius 3 is 2.64 bits per heavy atom. The first-order valence-corrected chi connectivity index (χ1v) is 4.02. The number of fused-ring (bicyclic) bond motifs is 1. The Bertz CT molecular complexity index is 428. The Hall–Kier alpha value is -2.04. The highest BCUT2D eigenvalue weighted by molar-refractivity contribution is 6.19. The van der Waals surface area contributed by atoms with Gasteiger partial charge in [-0.1, -0.05) is 12.1 Å². The summed E-state index contributed by atoms with van der Waals surface area (Å²) >= 11 is 0. The second-order valence-electron chi connectivity index (χ2n) is 2.90. The Morgan fingerprint density at radius 2 is 1.93 bits per heavy atom. The molecule has 0 N–H and O–H groups in total. The second kappa shape index (κ2) is 3.02. The molecule has 0 saturated carbocycles. The van der Waals surface area contributed by atoms with Gasteiger partial charge in [-0.25, -0.2) is 0 Å². The maximum Gasteiger partial charge on any atom is 0.257 e. The van der Waals surface area contributed by atoms with Gasteiger partial charge < -0.3 is 0 Å². The minimum Gasteiger partial charge on any atom is -0.294 e. The summed E-state index contributed by atoms with van der Waals surface area (Å²) in [6.07, 6.45) is -0.289. The van der Waals surface area contributed by atoms with E-state index in [2.05, 4.69) is 5.29 Å². The van der Waals surface area contributed by atoms with Gasteiger partial charge in [0.05, 0.1) is 17.4 Å². The lowest BCUT2D eigenvalue weighted by molar-refractivity contribution is -0.118. The molecule has 1 aromatic rings. The number of Topliss-reactive ketones (excluding diaryl/α,β-unsaturated/α-hetero) is 1. The second-order valence-corrected chi connectivity index (χ2v) is 2.90. The molecule has 5 heteroatoms. The van der Waals surface area contributed by atoms with E-state index >= 15 is 0 Å². The van der Waals surface area contributed by atoms with Crippen LogP contribution in [0, 0.1) is 4.91 Å². The minimum atomic E-state index is -0.580. The molecule has 0 aliphatic carbocycles. The van der Waals surface area contributed by atoms with Crippen LogP contribution in [-0.2, 0) is 4.79 Å². The topological polar surface area (TPSA) is 66.8 Å². The normalized spacial score (nSPS) is 15.3. The number of para-hydroxylation sites is 1. The summed E-state index contributed by atoms with van der Waals surface area (Å²) in [7, 11) is 0. The van der Waals surface area contributed by atoms with Crippen LogP contribution in [0.15, 0.2) is 29.6 Å². The number of hydrogen-bond acceptors (Lipinski definition) is 4. The Morgan fingerprint density at radius 1 is 1.21 bits per heavy atom. The van der Waals surface area contributed by atoms with E-state index < -0.39 is 5.91 Å². The number of amides is 1. The molecule has 1 heterocycles. The fourth-order valence-electron chi connectivity index (χ4n) is 1.43. The van der Waals surface area contributed by atoms with Crippen LogP contribution in [0.3, 0.4) is 0 Å². The number of benzene rings is 1. The molecule has 0 aromatic heterocycles. The maximum atomic E-state index is 11.4. The third-order valence-electron chi connectivity index (χ3n) is 2.06. The van der Waals surface area contributed by atoms with Crippen LogP contribution in [0.1, 0.15) is 16.8 Å². The third-order valence-corrected chi connectivity index (χ3v) is 2.06. The molecular formula is C9H6N2O3. The van der Waals surface area contributed by atoms with Crippen LogP contribution in [0.5, 0.6) is 0 Å². The van der Waals surface area contributed by atoms with Crippen LogP contribution in [0.4, 0.5) is 5.69 Å². The first-order valence-electron chi connectivity index (χ1n) is 4.02. The molecule has 0 saturated heterocycles. The molecule has 70 valence electrons. The first-order chi connectivity index (χ1) is 6.74. The molecule has 0 unspecified atom stereocenters. The van der Waals surface area contributed by atoms with Crippen molar-refractivity contribution >= 4 is 17.4 Å². The van der Waals surface area contributed by atoms with Crippen molar-refractivity contribution in [3.63, 3.8) is 0 Å². The van der Waals surface area contributed by atoms with Gasteiger partial charge in [0.1, 0.15) is 0 Å². The third kappa shape index (κ3) is 1.10. The molecule has 1 aliphatic heterocycles. The van der Waals surface area contributed by atoms with Gasteiger partial charge in [0, 0.05) is 5.56 Å². The van der Waals surface area contributed by atoms with E-state index in [0.29, 0.717) is 5.56 Å². The number of nitrogens with zero attached hydrogens (tertiary/aromatic N) is 2. The lowest BCUT2D eigenvalue weighted by atomic mass is 10.0. The van der Waals surface area contributed by atoms with E-state index in [4.69, 9.17) is 0 Å². The average Bonchev–Trinajstić information content (AvgIpc) is 2.18. The van der Waals surface area contributed by atoms with Crippen molar-refractivity contribution in [2.45, 2.75) is 6.42 Å². The summed E-state index contributed by atoms with van der Waals surface area (Å²) in [4.78, 5) is 33.0. The number of carbonyl (C=O) groups excluding carboxylic acids is 2. The van der Waals surface area contributed by atoms with Crippen molar-refractivity contribution < 1.29 is 9.59 Å². The molecule has 0 fully saturated rings. The molecule has 1 aromatic carbocycles. The standard InChI is InChI=1S/C9H6N2O3/c12-8-5-9(13)11(10-14)7-4-2-1-3-6(7)8/h1-4H,5H2. The maximum absolute atomic E-state index is 11.4. The number of nitroso groups, excluding NO2 is 1. The lowest BCUT2D eigenvalue weighted by Gasteiger charge is -2.20. The van der Waals surface area contributed by atoms with Gasteiger partial charge in [-0.3, -0.25) is 9.59 Å². The summed E-state index contributed by atoms with van der Waals surface area (Å²) in [6, 6.07) is 6.41. The number of hydrogen-bond donors (Lipinski definition) is 0. The van der Waals surface area contributed by atoms with Crippen LogP contribution in [-0.4, -0.2) is 11.7 Å². The zero-order valence-corrected chi connectivity index (χ0v) is 7.14. The predicted molar refractivity (Wildman–Crippen MR) is 48.7 cm³/mol. The summed E-state index contributed by atoms with van der Waals surface area (Å²) < 4.78 is 0. The molecule has 5 nitrogen and oxygen atoms in total. The quantitative estimate of drug-likeness (QED) is 0.495. The molecule has 14 heavy (non-hydrogen) atoms. The highest BCUT2D eigenvalue weighted by atomic mass is 16.3. The Kier molecular flexibility index (Phi) is 1.85. The van der Waals surface area contributed by atoms with Crippen molar-refractivity contribution in [3.8, 4) is 0 Å². The Labute approximate surface area is 79.3 Å². The summed E-state index contributed by atoms with van der Waals surface area (Å²) in [5, 5.41) is 3.30. The van der Waals surface area contributed by atoms with Gasteiger partial charge in [0.15, 0.2) is 5.78 Å². The van der Waals surface area contributed by atoms with E-state index in [1.807, 2.05) is 0 Å². The summed E-state index contributed by atoms with van der Waals surface area (Å²) in [5.41, 5.74) is 0.635. The molecule has 1 aliphatic rings. The van der Waals surface area contributed by atoms with Crippen molar-refractivity contribution in [2.24, 2.45) is 5.29 Å². The van der Waals surface area contributed by atoms with Gasteiger partial charge >= 0.3 is 0 Å². The van der Waals surface area contributed by atoms with E-state index in [1.54, 1.807) is 18.2 Å². The van der Waals surface area contributed by atoms with Crippen molar-refractivity contribution in [1.82, 2.24) is 0 Å². The summed E-state index contributed by atoms with van der Waals surface area (Å²) in [6.45, 7) is 0. The Balaban J connectivity index is 2.61. The van der Waals surface area contributed by atoms with E-state index in [9.17, 15) is 14.5 Å². The van der Waals surface area contributed by atoms with Gasteiger partial charge in [0.2, 0.25) is 0 Å². The molecular weight excluding hydrogens is 184 g/mol. The molecule has 0 bridgehead atoms. The minimum absolute atomic E-state index is 0.267. The van der Waals surface area contributed by atoms with E-state index in [1.165, 1.54) is 6.07 Å². The number of rotatable bonds is 1. The molecule has 0 spiro atoms. The number of anilines is 1. The highest BCUT2D eigenvalue weighted by Gasteiger charge is 2.30. The van der Waals surface area contributed by atoms with Gasteiger partial charge in [0.25, 0.3) is 5.91 Å². The first kappa shape index (κ1) is 8.55. The SMILES string of the molecule is O=NN1C(=O)CC(=O)c2ccccc21. The van der Waals surface area contributed by atoms with Gasteiger partial charge in [-0.2, -0.15) is 5.01 Å². The molecule has 0 atom stereocenters. The molecule has 2 rings (SSSR count). The van der Waals surface area contributed by atoms with E-state index in [0.717, 1.165) is 5.01 Å². The molecule has 1 amide bonds. The fourth-order valence-corrected chi connectivity index (χ4v) is 1.43. The largest absolute Gasteiger partial charge is 0.294 e. The zero-order valence-electron chi connectivity index (χ0n) is 7.14. The van der Waals surface area contributed by atoms with Crippen LogP contribution in [0.2, 0.25) is 0 Å². The van der Waals surface area contributed by atoms with Crippen molar-refractivity contribution in [2.75, 3.05) is 5.01 Å². The summed E-state index contributed by atoms with van der Waals surface area (Å²) in [5.74, 6) is -0.853. The number of ketones is 1. The van der Waals surface area contributed by atoms with Crippen LogP contribution in [0.25, 0.3) is 0 Å². The monoisotopic (exact) mass is 190 g/mol. The smallest absolute Gasteiger partial charge is 0.257 e. The van der Waals surface area contributed by atoms with Crippen LogP contribution < -0.4 is 5.01 Å². The molecule has 0 radical (unpaired) electrons. The average molecular weight is 190 g/mol. The van der Waals surface area contributed by atoms with Gasteiger partial charge in [-0.15, -0.1) is 4.91 Å². The van der Waals surface area contributed by atoms with Crippen molar-refractivity contribution in [3.05, 3.63) is 34.7 Å². The van der Waals surface area contributed by atoms with Crippen molar-refractivity contribution in [1.29, 1.82) is 0 Å². The number of carbonyl (C=O) groups is 2. The predicted octanol–water partition coefficient (Wildman–Crippen LogP) is 1.29. The van der Waals surface area contributed by atoms with Crippen LogP contribution >= 0.6 is 0 Å².